The summed E-state index contributed by atoms with van der Waals surface area (Å²) in [6, 6.07) is 10.5. The fraction of sp³-hybridized carbons (Fsp3) is 0.500. The van der Waals surface area contributed by atoms with Crippen LogP contribution in [0.3, 0.4) is 0 Å². The molecular formula is C20H28N4O. The van der Waals surface area contributed by atoms with Gasteiger partial charge in [0.05, 0.1) is 23.1 Å². The third kappa shape index (κ3) is 4.69. The van der Waals surface area contributed by atoms with Crippen molar-refractivity contribution in [3.8, 4) is 5.69 Å². The van der Waals surface area contributed by atoms with Gasteiger partial charge in [0.1, 0.15) is 0 Å². The maximum Gasteiger partial charge on any atom is 0.254 e. The Hall–Kier alpha value is -2.14. The highest BCUT2D eigenvalue weighted by Gasteiger charge is 2.15. The molecule has 134 valence electrons. The molecule has 1 aliphatic rings. The molecule has 2 N–H and O–H groups in total. The average Bonchev–Trinajstić information content (AvgIpc) is 2.84. The third-order valence-electron chi connectivity index (χ3n) is 4.95. The number of nitrogens with one attached hydrogen (secondary N) is 2. The highest BCUT2D eigenvalue weighted by Crippen LogP contribution is 2.17. The first-order chi connectivity index (χ1) is 12.3. The number of para-hydroxylation sites is 1. The maximum atomic E-state index is 12.4. The van der Waals surface area contributed by atoms with E-state index in [1.54, 1.807) is 10.9 Å². The van der Waals surface area contributed by atoms with Gasteiger partial charge in [-0.15, -0.1) is 0 Å². The smallest absolute Gasteiger partial charge is 0.254 e. The van der Waals surface area contributed by atoms with Crippen molar-refractivity contribution in [3.63, 3.8) is 0 Å². The molecule has 5 heteroatoms. The van der Waals surface area contributed by atoms with Crippen LogP contribution in [0, 0.1) is 6.92 Å². The highest BCUT2D eigenvalue weighted by atomic mass is 16.1. The van der Waals surface area contributed by atoms with Gasteiger partial charge < -0.3 is 10.6 Å². The first-order valence-electron chi connectivity index (χ1n) is 9.37. The van der Waals surface area contributed by atoms with Gasteiger partial charge in [-0.2, -0.15) is 5.10 Å². The predicted molar refractivity (Wildman–Crippen MR) is 100 cm³/mol. The molecule has 1 saturated carbocycles. The van der Waals surface area contributed by atoms with E-state index >= 15 is 0 Å². The number of aromatic nitrogens is 2. The quantitative estimate of drug-likeness (QED) is 0.627. The van der Waals surface area contributed by atoms with Crippen molar-refractivity contribution >= 4 is 5.91 Å². The fourth-order valence-electron chi connectivity index (χ4n) is 3.49. The summed E-state index contributed by atoms with van der Waals surface area (Å²) in [6.45, 7) is 3.40. The van der Waals surface area contributed by atoms with Crippen LogP contribution in [0.5, 0.6) is 0 Å². The van der Waals surface area contributed by atoms with Crippen molar-refractivity contribution in [1.29, 1.82) is 0 Å². The molecular weight excluding hydrogens is 312 g/mol. The summed E-state index contributed by atoms with van der Waals surface area (Å²) in [5, 5.41) is 10.9. The summed E-state index contributed by atoms with van der Waals surface area (Å²) in [5.74, 6) is -0.0534. The second-order valence-corrected chi connectivity index (χ2v) is 6.79. The standard InChI is InChI=1S/C20H28N4O/c1-16-19(15-23-24(16)18-11-7-4-8-12-18)20(25)22-14-13-21-17-9-5-2-3-6-10-17/h4,7-8,11-12,15,17,21H,2-3,5-6,9-10,13-14H2,1H3,(H,22,25). The van der Waals surface area contributed by atoms with Crippen molar-refractivity contribution in [2.45, 2.75) is 51.5 Å². The molecule has 0 radical (unpaired) electrons. The van der Waals surface area contributed by atoms with E-state index < -0.39 is 0 Å². The Labute approximate surface area is 149 Å². The Morgan fingerprint density at radius 3 is 2.56 bits per heavy atom. The van der Waals surface area contributed by atoms with Gasteiger partial charge in [0.15, 0.2) is 0 Å². The second kappa shape index (κ2) is 8.81. The lowest BCUT2D eigenvalue weighted by Crippen LogP contribution is -2.37. The van der Waals surface area contributed by atoms with Gasteiger partial charge in [0, 0.05) is 19.1 Å². The van der Waals surface area contributed by atoms with E-state index in [-0.39, 0.29) is 5.91 Å². The first kappa shape index (κ1) is 17.7. The molecule has 1 aromatic heterocycles. The van der Waals surface area contributed by atoms with Crippen LogP contribution >= 0.6 is 0 Å². The zero-order valence-electron chi connectivity index (χ0n) is 15.0. The van der Waals surface area contributed by atoms with E-state index in [9.17, 15) is 4.79 Å². The van der Waals surface area contributed by atoms with E-state index in [2.05, 4.69) is 15.7 Å². The monoisotopic (exact) mass is 340 g/mol. The molecule has 1 amide bonds. The van der Waals surface area contributed by atoms with Crippen LogP contribution in [-0.2, 0) is 0 Å². The van der Waals surface area contributed by atoms with Crippen LogP contribution < -0.4 is 10.6 Å². The van der Waals surface area contributed by atoms with Gasteiger partial charge in [-0.1, -0.05) is 43.9 Å². The Morgan fingerprint density at radius 1 is 1.12 bits per heavy atom. The largest absolute Gasteiger partial charge is 0.351 e. The van der Waals surface area contributed by atoms with Crippen molar-refractivity contribution in [2.75, 3.05) is 13.1 Å². The van der Waals surface area contributed by atoms with E-state index in [0.29, 0.717) is 18.2 Å². The summed E-state index contributed by atoms with van der Waals surface area (Å²) in [6.07, 6.45) is 9.53. The van der Waals surface area contributed by atoms with Gasteiger partial charge in [0.25, 0.3) is 5.91 Å². The molecule has 0 saturated heterocycles. The van der Waals surface area contributed by atoms with Gasteiger partial charge in [-0.3, -0.25) is 4.79 Å². The Kier molecular flexibility index (Phi) is 6.23. The normalized spacial score (nSPS) is 15.7. The molecule has 0 aliphatic heterocycles. The highest BCUT2D eigenvalue weighted by molar-refractivity contribution is 5.95. The van der Waals surface area contributed by atoms with Crippen LogP contribution in [0.2, 0.25) is 0 Å². The van der Waals surface area contributed by atoms with Crippen LogP contribution in [0.15, 0.2) is 36.5 Å². The molecule has 0 spiro atoms. The molecule has 25 heavy (non-hydrogen) atoms. The Morgan fingerprint density at radius 2 is 1.84 bits per heavy atom. The van der Waals surface area contributed by atoms with Crippen LogP contribution in [0.4, 0.5) is 0 Å². The van der Waals surface area contributed by atoms with Crippen molar-refractivity contribution in [1.82, 2.24) is 20.4 Å². The van der Waals surface area contributed by atoms with Gasteiger partial charge in [-0.05, 0) is 31.9 Å². The lowest BCUT2D eigenvalue weighted by Gasteiger charge is -2.16. The molecule has 0 atom stereocenters. The zero-order chi connectivity index (χ0) is 17.5. The number of nitrogens with zero attached hydrogens (tertiary/aromatic N) is 2. The molecule has 1 fully saturated rings. The average molecular weight is 340 g/mol. The Balaban J connectivity index is 1.49. The van der Waals surface area contributed by atoms with Crippen molar-refractivity contribution in [3.05, 3.63) is 47.8 Å². The number of carbonyl (C=O) groups excluding carboxylic acids is 1. The number of hydrogen-bond acceptors (Lipinski definition) is 3. The van der Waals surface area contributed by atoms with Gasteiger partial charge >= 0.3 is 0 Å². The molecule has 3 rings (SSSR count). The number of rotatable bonds is 6. The van der Waals surface area contributed by atoms with Crippen molar-refractivity contribution in [2.24, 2.45) is 0 Å². The summed E-state index contributed by atoms with van der Waals surface area (Å²) in [7, 11) is 0. The van der Waals surface area contributed by atoms with E-state index in [1.807, 2.05) is 37.3 Å². The predicted octanol–water partition coefficient (Wildman–Crippen LogP) is 3.22. The van der Waals surface area contributed by atoms with E-state index in [1.165, 1.54) is 38.5 Å². The molecule has 0 unspecified atom stereocenters. The van der Waals surface area contributed by atoms with E-state index in [4.69, 9.17) is 0 Å². The minimum atomic E-state index is -0.0534. The lowest BCUT2D eigenvalue weighted by molar-refractivity contribution is 0.0953. The van der Waals surface area contributed by atoms with Crippen LogP contribution in [-0.4, -0.2) is 34.8 Å². The zero-order valence-corrected chi connectivity index (χ0v) is 15.0. The summed E-state index contributed by atoms with van der Waals surface area (Å²) >= 11 is 0. The second-order valence-electron chi connectivity index (χ2n) is 6.79. The third-order valence-corrected chi connectivity index (χ3v) is 4.95. The van der Waals surface area contributed by atoms with Gasteiger partial charge in [0.2, 0.25) is 0 Å². The molecule has 1 aliphatic carbocycles. The van der Waals surface area contributed by atoms with Crippen LogP contribution in [0.1, 0.15) is 54.6 Å². The SMILES string of the molecule is Cc1c(C(=O)NCCNC2CCCCCC2)cnn1-c1ccccc1. The number of carbonyl (C=O) groups is 1. The number of amides is 1. The first-order valence-corrected chi connectivity index (χ1v) is 9.37. The molecule has 1 aromatic carbocycles. The van der Waals surface area contributed by atoms with Crippen molar-refractivity contribution < 1.29 is 4.79 Å². The summed E-state index contributed by atoms with van der Waals surface area (Å²) in [4.78, 5) is 12.4. The molecule has 1 heterocycles. The number of hydrogen-bond donors (Lipinski definition) is 2. The Bertz CT molecular complexity index is 672. The minimum absolute atomic E-state index is 0.0534. The summed E-state index contributed by atoms with van der Waals surface area (Å²) in [5.41, 5.74) is 2.47. The molecule has 5 nitrogen and oxygen atoms in total. The number of benzene rings is 1. The topological polar surface area (TPSA) is 59.0 Å². The van der Waals surface area contributed by atoms with Gasteiger partial charge in [-0.25, -0.2) is 4.68 Å². The lowest BCUT2D eigenvalue weighted by atomic mass is 10.1. The minimum Gasteiger partial charge on any atom is -0.351 e. The van der Waals surface area contributed by atoms with E-state index in [0.717, 1.165) is 17.9 Å². The fourth-order valence-corrected chi connectivity index (χ4v) is 3.49. The molecule has 2 aromatic rings. The van der Waals surface area contributed by atoms with Crippen LogP contribution in [0.25, 0.3) is 5.69 Å². The summed E-state index contributed by atoms with van der Waals surface area (Å²) < 4.78 is 1.80. The molecule has 0 bridgehead atoms. The maximum absolute atomic E-state index is 12.4.